The van der Waals surface area contributed by atoms with E-state index in [0.717, 1.165) is 0 Å². The van der Waals surface area contributed by atoms with E-state index in [-0.39, 0.29) is 61.4 Å². The number of nitrogen functional groups attached to an aromatic ring is 1. The van der Waals surface area contributed by atoms with Gasteiger partial charge >= 0.3 is 6.18 Å². The number of carbonyl (C=O) groups is 3. The van der Waals surface area contributed by atoms with Gasteiger partial charge in [0.05, 0.1) is 30.2 Å². The summed E-state index contributed by atoms with van der Waals surface area (Å²) in [6.45, 7) is 5.15. The number of halogens is 3. The maximum absolute atomic E-state index is 13.2. The summed E-state index contributed by atoms with van der Waals surface area (Å²) in [7, 11) is 0. The second kappa shape index (κ2) is 16.1. The van der Waals surface area contributed by atoms with Gasteiger partial charge in [0.25, 0.3) is 5.91 Å². The number of morpholine rings is 1. The van der Waals surface area contributed by atoms with Crippen LogP contribution in [0.3, 0.4) is 0 Å². The van der Waals surface area contributed by atoms with Gasteiger partial charge in [-0.3, -0.25) is 33.8 Å². The first-order chi connectivity index (χ1) is 24.7. The zero-order chi connectivity index (χ0) is 37.6. The first-order valence-corrected chi connectivity index (χ1v) is 16.4. The van der Waals surface area contributed by atoms with Crippen LogP contribution in [-0.4, -0.2) is 98.6 Å². The number of anilines is 3. The van der Waals surface area contributed by atoms with Crippen molar-refractivity contribution in [3.05, 3.63) is 65.1 Å². The Kier molecular flexibility index (Phi) is 11.6. The Morgan fingerprint density at radius 2 is 1.88 bits per heavy atom. The molecule has 0 spiro atoms. The minimum Gasteiger partial charge on any atom is -0.491 e. The standard InChI is InChI=1S/C33H40F3N11O5/c1-3-47-24(13-19(2)44-47)31(50)43-32-42-23-15-21(29(39)49)17-41-30(23)46(32)9-5-4-7-40-27-22(37)14-20(28(38)48)16-25(27)51-11-6-8-45-10-12-52-26(18-45)33(34,35)36/h4-5,13-17,26,40H,3,6-12,18,37H2,1-2H3,(H2,38,48)(H2,39,49)(H,42,43,50)/b5-4+. The largest absolute Gasteiger partial charge is 0.491 e. The molecular weight excluding hydrogens is 687 g/mol. The highest BCUT2D eigenvalue weighted by molar-refractivity contribution is 6.03. The Morgan fingerprint density at radius 1 is 1.12 bits per heavy atom. The number of fused-ring (bicyclic) bond motifs is 1. The van der Waals surface area contributed by atoms with Crippen molar-refractivity contribution >= 4 is 46.2 Å². The monoisotopic (exact) mass is 727 g/mol. The summed E-state index contributed by atoms with van der Waals surface area (Å²) in [5.41, 5.74) is 19.8. The Balaban J connectivity index is 1.27. The fraction of sp³-hybridized carbons (Fsp3) is 0.394. The van der Waals surface area contributed by atoms with Crippen molar-refractivity contribution in [2.75, 3.05) is 55.8 Å². The van der Waals surface area contributed by atoms with E-state index in [9.17, 15) is 27.6 Å². The quantitative estimate of drug-likeness (QED) is 0.0680. The molecule has 1 aliphatic heterocycles. The Labute approximate surface area is 296 Å². The highest BCUT2D eigenvalue weighted by Crippen LogP contribution is 2.33. The van der Waals surface area contributed by atoms with Gasteiger partial charge in [-0.05, 0) is 44.5 Å². The fourth-order valence-electron chi connectivity index (χ4n) is 5.63. The molecule has 3 aromatic heterocycles. The van der Waals surface area contributed by atoms with Gasteiger partial charge in [0.15, 0.2) is 11.8 Å². The van der Waals surface area contributed by atoms with Gasteiger partial charge in [-0.25, -0.2) is 9.97 Å². The number of carbonyl (C=O) groups excluding carboxylic acids is 3. The van der Waals surface area contributed by atoms with Gasteiger partial charge in [0, 0.05) is 51.0 Å². The van der Waals surface area contributed by atoms with Crippen molar-refractivity contribution in [2.24, 2.45) is 11.5 Å². The number of pyridine rings is 1. The summed E-state index contributed by atoms with van der Waals surface area (Å²) in [5.74, 6) is -1.39. The van der Waals surface area contributed by atoms with Crippen molar-refractivity contribution in [1.29, 1.82) is 0 Å². The van der Waals surface area contributed by atoms with Crippen LogP contribution in [0.15, 0.2) is 42.6 Å². The fourth-order valence-corrected chi connectivity index (χ4v) is 5.63. The zero-order valence-electron chi connectivity index (χ0n) is 28.6. The average molecular weight is 728 g/mol. The number of aromatic nitrogens is 5. The first kappa shape index (κ1) is 37.6. The van der Waals surface area contributed by atoms with Gasteiger partial charge in [-0.2, -0.15) is 18.3 Å². The minimum atomic E-state index is -4.44. The highest BCUT2D eigenvalue weighted by Gasteiger charge is 2.43. The molecule has 4 aromatic rings. The van der Waals surface area contributed by atoms with Gasteiger partial charge in [0.1, 0.15) is 22.6 Å². The lowest BCUT2D eigenvalue weighted by molar-refractivity contribution is -0.237. The van der Waals surface area contributed by atoms with Crippen molar-refractivity contribution < 1.29 is 37.0 Å². The van der Waals surface area contributed by atoms with Crippen molar-refractivity contribution in [1.82, 2.24) is 29.2 Å². The number of allylic oxidation sites excluding steroid dienone is 1. The number of benzene rings is 1. The molecule has 19 heteroatoms. The molecule has 4 heterocycles. The third kappa shape index (κ3) is 8.96. The molecule has 1 atom stereocenters. The summed E-state index contributed by atoms with van der Waals surface area (Å²) >= 11 is 0. The SMILES string of the molecule is CCn1nc(C)cc1C(=O)Nc1nc2cc(C(N)=O)cnc2n1C/C=C/CNc1c(N)cc(C(N)=O)cc1OCCCN1CCOC(C(F)(F)F)C1. The van der Waals surface area contributed by atoms with Gasteiger partial charge in [-0.15, -0.1) is 0 Å². The van der Waals surface area contributed by atoms with Crippen LogP contribution >= 0.6 is 0 Å². The summed E-state index contributed by atoms with van der Waals surface area (Å²) in [5, 5.41) is 10.3. The molecule has 3 amide bonds. The number of nitrogens with zero attached hydrogens (tertiary/aromatic N) is 6. The van der Waals surface area contributed by atoms with E-state index in [1.54, 1.807) is 39.3 Å². The number of hydrogen-bond acceptors (Lipinski definition) is 11. The van der Waals surface area contributed by atoms with Crippen molar-refractivity contribution in [3.63, 3.8) is 0 Å². The summed E-state index contributed by atoms with van der Waals surface area (Å²) in [4.78, 5) is 47.5. The molecule has 278 valence electrons. The molecule has 1 aromatic carbocycles. The van der Waals surface area contributed by atoms with E-state index >= 15 is 0 Å². The third-order valence-electron chi connectivity index (χ3n) is 8.19. The maximum Gasteiger partial charge on any atom is 0.415 e. The molecule has 1 unspecified atom stereocenters. The summed E-state index contributed by atoms with van der Waals surface area (Å²) in [6.07, 6.45) is -0.964. The molecule has 8 N–H and O–H groups in total. The van der Waals surface area contributed by atoms with Crippen molar-refractivity contribution in [2.45, 2.75) is 45.6 Å². The summed E-state index contributed by atoms with van der Waals surface area (Å²) in [6, 6.07) is 6.01. The average Bonchev–Trinajstić information content (AvgIpc) is 3.65. The van der Waals surface area contributed by atoms with Gasteiger partial charge in [0.2, 0.25) is 17.8 Å². The number of imidazole rings is 1. The lowest BCUT2D eigenvalue weighted by Gasteiger charge is -2.33. The van der Waals surface area contributed by atoms with E-state index in [0.29, 0.717) is 54.3 Å². The Morgan fingerprint density at radius 3 is 2.60 bits per heavy atom. The number of aryl methyl sites for hydroxylation is 2. The lowest BCUT2D eigenvalue weighted by Crippen LogP contribution is -2.49. The van der Waals surface area contributed by atoms with Crippen molar-refractivity contribution in [3.8, 4) is 5.75 Å². The normalized spacial score (nSPS) is 15.3. The molecule has 5 rings (SSSR count). The van der Waals surface area contributed by atoms with Crippen LogP contribution in [0.4, 0.5) is 30.5 Å². The van der Waals surface area contributed by atoms with Gasteiger partial charge < -0.3 is 32.0 Å². The predicted octanol–water partition coefficient (Wildman–Crippen LogP) is 2.69. The Bertz CT molecular complexity index is 1970. The second-order valence-electron chi connectivity index (χ2n) is 12.0. The van der Waals surface area contributed by atoms with E-state index in [4.69, 9.17) is 26.7 Å². The number of nitrogens with two attached hydrogens (primary N) is 3. The molecule has 16 nitrogen and oxygen atoms in total. The molecular formula is C33H40F3N11O5. The van der Waals surface area contributed by atoms with Crippen LogP contribution in [0.5, 0.6) is 5.75 Å². The maximum atomic E-state index is 13.2. The highest BCUT2D eigenvalue weighted by atomic mass is 19.4. The smallest absolute Gasteiger partial charge is 0.415 e. The molecule has 1 fully saturated rings. The van der Waals surface area contributed by atoms with Gasteiger partial charge in [-0.1, -0.05) is 12.2 Å². The molecule has 52 heavy (non-hydrogen) atoms. The van der Waals surface area contributed by atoms with E-state index in [1.165, 1.54) is 24.4 Å². The number of ether oxygens (including phenoxy) is 2. The number of alkyl halides is 3. The van der Waals surface area contributed by atoms with Crippen LogP contribution in [0, 0.1) is 6.92 Å². The molecule has 0 radical (unpaired) electrons. The van der Waals surface area contributed by atoms with Crippen LogP contribution in [0.25, 0.3) is 11.2 Å². The lowest BCUT2D eigenvalue weighted by atomic mass is 10.1. The molecule has 0 saturated carbocycles. The molecule has 1 aliphatic rings. The number of nitrogens with one attached hydrogen (secondary N) is 2. The number of hydrogen-bond donors (Lipinski definition) is 5. The molecule has 0 aliphatic carbocycles. The van der Waals surface area contributed by atoms with Crippen LogP contribution in [-0.2, 0) is 17.8 Å². The van der Waals surface area contributed by atoms with Crippen LogP contribution in [0.2, 0.25) is 0 Å². The molecule has 1 saturated heterocycles. The first-order valence-electron chi connectivity index (χ1n) is 16.4. The van der Waals surface area contributed by atoms with Crippen LogP contribution in [0.1, 0.15) is 50.2 Å². The Hall–Kier alpha value is -5.69. The summed E-state index contributed by atoms with van der Waals surface area (Å²) < 4.78 is 53.3. The van der Waals surface area contributed by atoms with E-state index in [1.807, 2.05) is 6.92 Å². The van der Waals surface area contributed by atoms with E-state index in [2.05, 4.69) is 25.7 Å². The zero-order valence-corrected chi connectivity index (χ0v) is 28.6. The molecule has 0 bridgehead atoms. The number of amides is 3. The number of primary amides is 2. The number of rotatable bonds is 15. The third-order valence-corrected chi connectivity index (χ3v) is 8.19. The topological polar surface area (TPSA) is 224 Å². The second-order valence-corrected chi connectivity index (χ2v) is 12.0. The van der Waals surface area contributed by atoms with Crippen LogP contribution < -0.4 is 32.6 Å². The minimum absolute atomic E-state index is 0.0192. The predicted molar refractivity (Wildman–Crippen MR) is 186 cm³/mol. The van der Waals surface area contributed by atoms with E-state index < -0.39 is 30.0 Å².